The fraction of sp³-hybridized carbons (Fsp3) is 0.375. The van der Waals surface area contributed by atoms with Crippen LogP contribution in [0.3, 0.4) is 0 Å². The summed E-state index contributed by atoms with van der Waals surface area (Å²) in [5.74, 6) is -1.48. The Labute approximate surface area is 85.8 Å². The van der Waals surface area contributed by atoms with Crippen LogP contribution in [0.5, 0.6) is 0 Å². The molecule has 1 rings (SSSR count). The van der Waals surface area contributed by atoms with E-state index in [0.717, 1.165) is 0 Å². The van der Waals surface area contributed by atoms with Crippen molar-refractivity contribution in [3.05, 3.63) is 11.3 Å². The van der Waals surface area contributed by atoms with E-state index in [2.05, 4.69) is 5.48 Å². The van der Waals surface area contributed by atoms with Crippen molar-refractivity contribution >= 4 is 17.8 Å². The number of barbiturate groups is 1. The molecule has 3 N–H and O–H groups in total. The lowest BCUT2D eigenvalue weighted by Crippen LogP contribution is -2.52. The van der Waals surface area contributed by atoms with Gasteiger partial charge in [0.2, 0.25) is 0 Å². The van der Waals surface area contributed by atoms with Gasteiger partial charge < -0.3 is 0 Å². The minimum absolute atomic E-state index is 0.164. The number of hydrogen-bond acceptors (Lipinski definition) is 5. The number of amides is 4. The molecule has 1 aliphatic rings. The Morgan fingerprint density at radius 2 is 1.80 bits per heavy atom. The van der Waals surface area contributed by atoms with E-state index in [1.165, 1.54) is 6.92 Å². The van der Waals surface area contributed by atoms with Gasteiger partial charge in [-0.25, -0.2) is 4.79 Å². The normalized spacial score (nSPS) is 15.9. The molecule has 0 unspecified atom stereocenters. The van der Waals surface area contributed by atoms with Crippen molar-refractivity contribution in [1.29, 1.82) is 0 Å². The van der Waals surface area contributed by atoms with Crippen LogP contribution in [0.2, 0.25) is 0 Å². The zero-order valence-electron chi connectivity index (χ0n) is 8.34. The Bertz CT molecular complexity index is 326. The van der Waals surface area contributed by atoms with Crippen molar-refractivity contribution < 1.29 is 19.2 Å². The highest BCUT2D eigenvalue weighted by Gasteiger charge is 2.29. The maximum absolute atomic E-state index is 11.3. The number of rotatable bonds is 3. The maximum Gasteiger partial charge on any atom is 0.328 e. The molecule has 82 valence electrons. The van der Waals surface area contributed by atoms with Crippen LogP contribution < -0.4 is 16.1 Å². The average molecular weight is 213 g/mol. The van der Waals surface area contributed by atoms with Gasteiger partial charge in [-0.3, -0.25) is 30.5 Å². The third-order valence-electron chi connectivity index (χ3n) is 1.65. The molecule has 4 amide bonds. The van der Waals surface area contributed by atoms with Crippen LogP contribution in [0.15, 0.2) is 11.3 Å². The molecule has 0 spiro atoms. The van der Waals surface area contributed by atoms with Gasteiger partial charge in [0.15, 0.2) is 0 Å². The van der Waals surface area contributed by atoms with E-state index in [1.54, 1.807) is 6.92 Å². The number of hydrogen-bond donors (Lipinski definition) is 3. The zero-order valence-corrected chi connectivity index (χ0v) is 8.34. The maximum atomic E-state index is 11.3. The minimum Gasteiger partial charge on any atom is -0.277 e. The lowest BCUT2D eigenvalue weighted by molar-refractivity contribution is -0.124. The lowest BCUT2D eigenvalue weighted by Gasteiger charge is -2.16. The number of imide groups is 2. The number of allylic oxidation sites excluding steroid dienone is 1. The molecule has 0 aromatic carbocycles. The number of nitrogens with one attached hydrogen (secondary N) is 3. The largest absolute Gasteiger partial charge is 0.328 e. The van der Waals surface area contributed by atoms with Crippen LogP contribution in [0, 0.1) is 0 Å². The minimum atomic E-state index is -0.821. The van der Waals surface area contributed by atoms with E-state index in [0.29, 0.717) is 6.61 Å². The molecule has 0 saturated carbocycles. The van der Waals surface area contributed by atoms with Crippen LogP contribution in [0.25, 0.3) is 0 Å². The standard InChI is InChI=1S/C8H11N3O4/c1-3-15-11-4(2)5-6(12)9-8(14)10-7(5)13/h11H,3H2,1-2H3,(H2,9,10,12,13,14). The molecule has 0 aromatic heterocycles. The molecule has 15 heavy (non-hydrogen) atoms. The summed E-state index contributed by atoms with van der Waals surface area (Å²) in [5, 5.41) is 3.91. The van der Waals surface area contributed by atoms with Gasteiger partial charge in [-0.1, -0.05) is 0 Å². The quantitative estimate of drug-likeness (QED) is 0.323. The zero-order chi connectivity index (χ0) is 11.4. The molecule has 1 fully saturated rings. The van der Waals surface area contributed by atoms with Crippen LogP contribution in [-0.2, 0) is 14.4 Å². The first kappa shape index (κ1) is 11.2. The van der Waals surface area contributed by atoms with Crippen molar-refractivity contribution in [2.24, 2.45) is 0 Å². The molecule has 0 aliphatic carbocycles. The van der Waals surface area contributed by atoms with Gasteiger partial charge in [0.25, 0.3) is 11.8 Å². The van der Waals surface area contributed by atoms with Crippen LogP contribution in [0.4, 0.5) is 4.79 Å². The monoisotopic (exact) mass is 213 g/mol. The molecule has 7 nitrogen and oxygen atoms in total. The highest BCUT2D eigenvalue weighted by Crippen LogP contribution is 2.05. The highest BCUT2D eigenvalue weighted by atomic mass is 16.6. The fourth-order valence-corrected chi connectivity index (χ4v) is 1.04. The fourth-order valence-electron chi connectivity index (χ4n) is 1.04. The number of carbonyl (C=O) groups is 3. The first-order valence-corrected chi connectivity index (χ1v) is 4.31. The Hall–Kier alpha value is -1.89. The summed E-state index contributed by atoms with van der Waals surface area (Å²) >= 11 is 0. The molecule has 1 aliphatic heterocycles. The van der Waals surface area contributed by atoms with Crippen LogP contribution in [-0.4, -0.2) is 24.5 Å². The summed E-state index contributed by atoms with van der Waals surface area (Å²) in [5.41, 5.74) is 2.51. The third-order valence-corrected chi connectivity index (χ3v) is 1.65. The van der Waals surface area contributed by atoms with E-state index in [4.69, 9.17) is 4.84 Å². The third kappa shape index (κ3) is 2.53. The van der Waals surface area contributed by atoms with E-state index in [1.807, 2.05) is 10.6 Å². The Kier molecular flexibility index (Phi) is 3.40. The van der Waals surface area contributed by atoms with Crippen molar-refractivity contribution in [2.45, 2.75) is 13.8 Å². The summed E-state index contributed by atoms with van der Waals surface area (Å²) in [4.78, 5) is 38.1. The molecule has 1 heterocycles. The molecule has 0 radical (unpaired) electrons. The summed E-state index contributed by atoms with van der Waals surface area (Å²) in [7, 11) is 0. The Morgan fingerprint density at radius 3 is 2.27 bits per heavy atom. The smallest absolute Gasteiger partial charge is 0.277 e. The van der Waals surface area contributed by atoms with E-state index >= 15 is 0 Å². The van der Waals surface area contributed by atoms with Crippen molar-refractivity contribution in [3.8, 4) is 0 Å². The van der Waals surface area contributed by atoms with Gasteiger partial charge in [0, 0.05) is 0 Å². The van der Waals surface area contributed by atoms with E-state index in [9.17, 15) is 14.4 Å². The summed E-state index contributed by atoms with van der Waals surface area (Å²) in [6.45, 7) is 3.63. The predicted molar refractivity (Wildman–Crippen MR) is 49.1 cm³/mol. The number of urea groups is 1. The van der Waals surface area contributed by atoms with Crippen molar-refractivity contribution in [3.63, 3.8) is 0 Å². The Balaban J connectivity index is 2.87. The van der Waals surface area contributed by atoms with Crippen LogP contribution >= 0.6 is 0 Å². The highest BCUT2D eigenvalue weighted by molar-refractivity contribution is 6.29. The van der Waals surface area contributed by atoms with Gasteiger partial charge in [0.1, 0.15) is 5.57 Å². The predicted octanol–water partition coefficient (Wildman–Crippen LogP) is -0.832. The second-order valence-corrected chi connectivity index (χ2v) is 2.77. The molecule has 0 atom stereocenters. The van der Waals surface area contributed by atoms with Crippen molar-refractivity contribution in [2.75, 3.05) is 6.61 Å². The molecule has 1 saturated heterocycles. The molecular weight excluding hydrogens is 202 g/mol. The molecule has 0 aromatic rings. The molecule has 0 bridgehead atoms. The van der Waals surface area contributed by atoms with Gasteiger partial charge in [0.05, 0.1) is 12.3 Å². The summed E-state index contributed by atoms with van der Waals surface area (Å²) in [6.07, 6.45) is 0. The van der Waals surface area contributed by atoms with Gasteiger partial charge in [-0.15, -0.1) is 0 Å². The topological polar surface area (TPSA) is 96.5 Å². The van der Waals surface area contributed by atoms with E-state index < -0.39 is 17.8 Å². The van der Waals surface area contributed by atoms with Gasteiger partial charge in [-0.05, 0) is 13.8 Å². The summed E-state index contributed by atoms with van der Waals surface area (Å²) in [6, 6.07) is -0.821. The lowest BCUT2D eigenvalue weighted by atomic mass is 10.1. The summed E-state index contributed by atoms with van der Waals surface area (Å²) < 4.78 is 0. The molecular formula is C8H11N3O4. The van der Waals surface area contributed by atoms with E-state index in [-0.39, 0.29) is 11.3 Å². The SMILES string of the molecule is CCONC(C)=C1C(=O)NC(=O)NC1=O. The second kappa shape index (κ2) is 4.56. The molecule has 7 heteroatoms. The van der Waals surface area contributed by atoms with Gasteiger partial charge >= 0.3 is 6.03 Å². The second-order valence-electron chi connectivity index (χ2n) is 2.77. The first-order chi connectivity index (χ1) is 7.06. The van der Waals surface area contributed by atoms with Crippen molar-refractivity contribution in [1.82, 2.24) is 16.1 Å². The average Bonchev–Trinajstić information content (AvgIpc) is 2.12. The number of carbonyl (C=O) groups excluding carboxylic acids is 3. The van der Waals surface area contributed by atoms with Gasteiger partial charge in [-0.2, -0.15) is 0 Å². The Morgan fingerprint density at radius 1 is 1.27 bits per heavy atom. The first-order valence-electron chi connectivity index (χ1n) is 4.31. The van der Waals surface area contributed by atoms with Crippen LogP contribution in [0.1, 0.15) is 13.8 Å². The number of hydroxylamine groups is 1.